The molecular formula is C24H26FN3O2. The molecule has 6 heteroatoms. The summed E-state index contributed by atoms with van der Waals surface area (Å²) in [7, 11) is 5.12. The number of hydrogen-bond acceptors (Lipinski definition) is 5. The summed E-state index contributed by atoms with van der Waals surface area (Å²) in [5.41, 5.74) is 3.92. The van der Waals surface area contributed by atoms with Gasteiger partial charge in [-0.15, -0.1) is 0 Å². The Morgan fingerprint density at radius 3 is 2.57 bits per heavy atom. The van der Waals surface area contributed by atoms with Crippen LogP contribution in [-0.2, 0) is 13.0 Å². The van der Waals surface area contributed by atoms with Gasteiger partial charge in [0, 0.05) is 37.5 Å². The van der Waals surface area contributed by atoms with Gasteiger partial charge in [-0.2, -0.15) is 0 Å². The van der Waals surface area contributed by atoms with E-state index in [2.05, 4.69) is 21.3 Å². The topological polar surface area (TPSA) is 46.6 Å². The summed E-state index contributed by atoms with van der Waals surface area (Å²) in [5, 5.41) is 3.16. The molecule has 1 atom stereocenters. The zero-order valence-electron chi connectivity index (χ0n) is 17.5. The molecule has 2 aromatic carbocycles. The van der Waals surface area contributed by atoms with Crippen LogP contribution in [0.3, 0.4) is 0 Å². The van der Waals surface area contributed by atoms with Crippen molar-refractivity contribution in [1.29, 1.82) is 0 Å². The van der Waals surface area contributed by atoms with Gasteiger partial charge in [0.2, 0.25) is 0 Å². The van der Waals surface area contributed by atoms with Crippen LogP contribution in [0, 0.1) is 5.82 Å². The molecule has 1 aliphatic rings. The number of halogens is 1. The highest BCUT2D eigenvalue weighted by Gasteiger charge is 2.32. The van der Waals surface area contributed by atoms with Gasteiger partial charge in [0.1, 0.15) is 11.6 Å². The Balaban J connectivity index is 1.83. The van der Waals surface area contributed by atoms with Crippen molar-refractivity contribution in [2.24, 2.45) is 0 Å². The van der Waals surface area contributed by atoms with Crippen LogP contribution < -0.4 is 14.8 Å². The van der Waals surface area contributed by atoms with E-state index >= 15 is 0 Å². The average Bonchev–Trinajstić information content (AvgIpc) is 2.79. The highest BCUT2D eigenvalue weighted by atomic mass is 19.1. The number of nitrogens with zero attached hydrogens (tertiary/aromatic N) is 2. The minimum atomic E-state index is -0.236. The third-order valence-electron chi connectivity index (χ3n) is 5.67. The van der Waals surface area contributed by atoms with Crippen LogP contribution in [0.2, 0.25) is 0 Å². The summed E-state index contributed by atoms with van der Waals surface area (Å²) < 4.78 is 26.0. The number of methoxy groups -OCH3 is 2. The van der Waals surface area contributed by atoms with Crippen LogP contribution in [0.4, 0.5) is 10.2 Å². The predicted octanol–water partition coefficient (Wildman–Crippen LogP) is 4.43. The van der Waals surface area contributed by atoms with E-state index in [1.807, 2.05) is 37.4 Å². The van der Waals surface area contributed by atoms with Crippen molar-refractivity contribution < 1.29 is 13.9 Å². The van der Waals surface area contributed by atoms with E-state index in [4.69, 9.17) is 9.47 Å². The first-order chi connectivity index (χ1) is 14.7. The van der Waals surface area contributed by atoms with Crippen LogP contribution in [0.15, 0.2) is 54.7 Å². The second-order valence-corrected chi connectivity index (χ2v) is 7.31. The van der Waals surface area contributed by atoms with Gasteiger partial charge >= 0.3 is 0 Å². The van der Waals surface area contributed by atoms with E-state index in [-0.39, 0.29) is 11.9 Å². The first-order valence-corrected chi connectivity index (χ1v) is 10.0. The minimum absolute atomic E-state index is 0.213. The lowest BCUT2D eigenvalue weighted by Gasteiger charge is -2.38. The van der Waals surface area contributed by atoms with Crippen LogP contribution in [0.1, 0.15) is 28.3 Å². The number of benzene rings is 2. The average molecular weight is 407 g/mol. The molecule has 4 rings (SSSR count). The number of hydrogen-bond donors (Lipinski definition) is 1. The fourth-order valence-corrected chi connectivity index (χ4v) is 4.24. The maximum Gasteiger partial charge on any atom is 0.161 e. The fraction of sp³-hybridized carbons (Fsp3) is 0.292. The molecule has 0 aliphatic carbocycles. The van der Waals surface area contributed by atoms with Gasteiger partial charge in [0.25, 0.3) is 0 Å². The lowest BCUT2D eigenvalue weighted by Crippen LogP contribution is -2.36. The third kappa shape index (κ3) is 3.71. The van der Waals surface area contributed by atoms with Crippen molar-refractivity contribution in [3.63, 3.8) is 0 Å². The molecule has 0 spiro atoms. The van der Waals surface area contributed by atoms with Crippen molar-refractivity contribution in [3.8, 4) is 11.5 Å². The van der Waals surface area contributed by atoms with E-state index in [0.29, 0.717) is 23.6 Å². The summed E-state index contributed by atoms with van der Waals surface area (Å²) in [4.78, 5) is 6.72. The van der Waals surface area contributed by atoms with Crippen LogP contribution in [0.5, 0.6) is 11.5 Å². The predicted molar refractivity (Wildman–Crippen MR) is 116 cm³/mol. The molecular weight excluding hydrogens is 381 g/mol. The molecule has 0 saturated carbocycles. The molecule has 30 heavy (non-hydrogen) atoms. The molecule has 1 N–H and O–H groups in total. The Morgan fingerprint density at radius 2 is 1.83 bits per heavy atom. The van der Waals surface area contributed by atoms with Crippen LogP contribution >= 0.6 is 0 Å². The minimum Gasteiger partial charge on any atom is -0.493 e. The molecule has 156 valence electrons. The molecule has 0 fully saturated rings. The number of anilines is 1. The van der Waals surface area contributed by atoms with Gasteiger partial charge in [-0.1, -0.05) is 24.3 Å². The third-order valence-corrected chi connectivity index (χ3v) is 5.67. The van der Waals surface area contributed by atoms with Crippen LogP contribution in [-0.4, -0.2) is 37.7 Å². The van der Waals surface area contributed by atoms with E-state index < -0.39 is 0 Å². The highest BCUT2D eigenvalue weighted by molar-refractivity contribution is 5.52. The molecule has 0 unspecified atom stereocenters. The summed E-state index contributed by atoms with van der Waals surface area (Å²) >= 11 is 0. The summed E-state index contributed by atoms with van der Waals surface area (Å²) in [5.74, 6) is 1.97. The normalized spacial score (nSPS) is 16.1. The number of fused-ring (bicyclic) bond motifs is 1. The molecule has 0 saturated heterocycles. The van der Waals surface area contributed by atoms with Gasteiger partial charge in [0.05, 0.1) is 20.3 Å². The maximum atomic E-state index is 14.9. The zero-order chi connectivity index (χ0) is 21.1. The molecule has 3 aromatic rings. The SMILES string of the molecule is CNc1ncccc1CN1CCc2cc(OC)c(OC)cc2[C@@H]1c1ccccc1F. The largest absolute Gasteiger partial charge is 0.493 e. The molecule has 2 heterocycles. The van der Waals surface area contributed by atoms with Crippen LogP contribution in [0.25, 0.3) is 0 Å². The zero-order valence-corrected chi connectivity index (χ0v) is 17.5. The monoisotopic (exact) mass is 407 g/mol. The molecule has 1 aromatic heterocycles. The quantitative estimate of drug-likeness (QED) is 0.655. The van der Waals surface area contributed by atoms with Crippen molar-refractivity contribution >= 4 is 5.82 Å². The molecule has 0 amide bonds. The number of aromatic nitrogens is 1. The Labute approximate surface area is 176 Å². The number of ether oxygens (including phenoxy) is 2. The van der Waals surface area contributed by atoms with Gasteiger partial charge in [-0.25, -0.2) is 9.37 Å². The standard InChI is InChI=1S/C24H26FN3O2/c1-26-24-17(7-6-11-27-24)15-28-12-10-16-13-21(29-2)22(30-3)14-19(16)23(28)18-8-4-5-9-20(18)25/h4-9,11,13-14,23H,10,12,15H2,1-3H3,(H,26,27)/t23-/m0/s1. The van der Waals surface area contributed by atoms with Gasteiger partial charge in [-0.05, 0) is 41.8 Å². The number of pyridine rings is 1. The van der Waals surface area contributed by atoms with E-state index in [0.717, 1.165) is 35.5 Å². The van der Waals surface area contributed by atoms with Gasteiger partial charge in [-0.3, -0.25) is 4.90 Å². The number of nitrogens with one attached hydrogen (secondary N) is 1. The Kier molecular flexibility index (Phi) is 5.86. The Morgan fingerprint density at radius 1 is 1.07 bits per heavy atom. The molecule has 5 nitrogen and oxygen atoms in total. The smallest absolute Gasteiger partial charge is 0.161 e. The van der Waals surface area contributed by atoms with Gasteiger partial charge < -0.3 is 14.8 Å². The highest BCUT2D eigenvalue weighted by Crippen LogP contribution is 2.42. The maximum absolute atomic E-state index is 14.9. The first kappa shape index (κ1) is 20.2. The van der Waals surface area contributed by atoms with E-state index in [1.54, 1.807) is 26.5 Å². The lowest BCUT2D eigenvalue weighted by molar-refractivity contribution is 0.200. The first-order valence-electron chi connectivity index (χ1n) is 10.0. The summed E-state index contributed by atoms with van der Waals surface area (Å²) in [6.07, 6.45) is 2.61. The molecule has 0 radical (unpaired) electrons. The molecule has 0 bridgehead atoms. The summed E-state index contributed by atoms with van der Waals surface area (Å²) in [6, 6.07) is 14.7. The second-order valence-electron chi connectivity index (χ2n) is 7.31. The number of rotatable bonds is 6. The molecule has 1 aliphatic heterocycles. The summed E-state index contributed by atoms with van der Waals surface area (Å²) in [6.45, 7) is 1.44. The van der Waals surface area contributed by atoms with Gasteiger partial charge in [0.15, 0.2) is 11.5 Å². The second kappa shape index (κ2) is 8.71. The van der Waals surface area contributed by atoms with E-state index in [9.17, 15) is 4.39 Å². The van der Waals surface area contributed by atoms with E-state index in [1.165, 1.54) is 6.07 Å². The van der Waals surface area contributed by atoms with Crippen molar-refractivity contribution in [2.75, 3.05) is 33.1 Å². The Hall–Kier alpha value is -3.12. The Bertz CT molecular complexity index is 1040. The van der Waals surface area contributed by atoms with Crippen molar-refractivity contribution in [3.05, 3.63) is 82.8 Å². The lowest BCUT2D eigenvalue weighted by atomic mass is 9.87. The van der Waals surface area contributed by atoms with Crippen molar-refractivity contribution in [1.82, 2.24) is 9.88 Å². The van der Waals surface area contributed by atoms with Crippen molar-refractivity contribution in [2.45, 2.75) is 19.0 Å². The fourth-order valence-electron chi connectivity index (χ4n) is 4.24.